The second-order valence-electron chi connectivity index (χ2n) is 5.69. The number of aromatic nitrogens is 1. The Hall–Kier alpha value is -1.09. The molecule has 0 saturated carbocycles. The molecule has 2 atom stereocenters. The highest BCUT2D eigenvalue weighted by atomic mass is 15.2. The van der Waals surface area contributed by atoms with E-state index >= 15 is 0 Å². The summed E-state index contributed by atoms with van der Waals surface area (Å²) in [6, 6.07) is 8.50. The molecule has 0 aromatic carbocycles. The van der Waals surface area contributed by atoms with Crippen molar-refractivity contribution in [1.29, 1.82) is 0 Å². The minimum atomic E-state index is 0.669. The largest absolute Gasteiger partial charge is 0.354 e. The first-order valence-electron chi connectivity index (χ1n) is 7.22. The van der Waals surface area contributed by atoms with Gasteiger partial charge in [0.25, 0.3) is 0 Å². The van der Waals surface area contributed by atoms with Crippen LogP contribution >= 0.6 is 0 Å². The number of nitrogens with one attached hydrogen (secondary N) is 1. The molecule has 1 aromatic heterocycles. The molecule has 3 rings (SSSR count). The van der Waals surface area contributed by atoms with E-state index in [1.807, 2.05) is 0 Å². The van der Waals surface area contributed by atoms with Crippen LogP contribution in [0.4, 0.5) is 5.82 Å². The minimum Gasteiger partial charge on any atom is -0.354 e. The van der Waals surface area contributed by atoms with Crippen molar-refractivity contribution in [3.63, 3.8) is 0 Å². The number of piperidine rings is 1. The molecule has 2 aliphatic heterocycles. The molecule has 1 aromatic rings. The Labute approximate surface area is 110 Å². The highest BCUT2D eigenvalue weighted by Gasteiger charge is 2.36. The lowest BCUT2D eigenvalue weighted by Crippen LogP contribution is -2.48. The van der Waals surface area contributed by atoms with Gasteiger partial charge in [0.1, 0.15) is 5.82 Å². The molecule has 0 amide bonds. The molecule has 3 heterocycles. The van der Waals surface area contributed by atoms with Crippen molar-refractivity contribution >= 4 is 5.82 Å². The number of nitrogens with zero attached hydrogens (tertiary/aromatic N) is 2. The van der Waals surface area contributed by atoms with Crippen LogP contribution in [-0.4, -0.2) is 29.7 Å². The fourth-order valence-corrected chi connectivity index (χ4v) is 3.58. The summed E-state index contributed by atoms with van der Waals surface area (Å²) in [7, 11) is 0. The Morgan fingerprint density at radius 1 is 1.28 bits per heavy atom. The Bertz CT molecular complexity index is 406. The van der Waals surface area contributed by atoms with Crippen LogP contribution in [0.5, 0.6) is 0 Å². The van der Waals surface area contributed by atoms with Gasteiger partial charge in [-0.15, -0.1) is 0 Å². The third-order valence-electron chi connectivity index (χ3n) is 4.40. The lowest BCUT2D eigenvalue weighted by Gasteiger charge is -2.38. The number of hydrogen-bond acceptors (Lipinski definition) is 3. The first kappa shape index (κ1) is 12.0. The maximum absolute atomic E-state index is 4.70. The van der Waals surface area contributed by atoms with Crippen LogP contribution in [0.15, 0.2) is 18.2 Å². The highest BCUT2D eigenvalue weighted by Crippen LogP contribution is 2.31. The topological polar surface area (TPSA) is 28.2 Å². The fourth-order valence-electron chi connectivity index (χ4n) is 3.58. The van der Waals surface area contributed by atoms with Crippen molar-refractivity contribution in [3.05, 3.63) is 23.9 Å². The zero-order chi connectivity index (χ0) is 12.5. The van der Waals surface area contributed by atoms with E-state index in [2.05, 4.69) is 42.3 Å². The second-order valence-corrected chi connectivity index (χ2v) is 5.69. The molecule has 18 heavy (non-hydrogen) atoms. The van der Waals surface area contributed by atoms with Crippen LogP contribution in [0.2, 0.25) is 0 Å². The first-order valence-corrected chi connectivity index (χ1v) is 7.22. The molecule has 3 nitrogen and oxygen atoms in total. The van der Waals surface area contributed by atoms with Gasteiger partial charge in [-0.1, -0.05) is 6.07 Å². The first-order chi connectivity index (χ1) is 8.76. The molecule has 2 fully saturated rings. The van der Waals surface area contributed by atoms with Crippen LogP contribution in [0, 0.1) is 6.92 Å². The fraction of sp³-hybridized carbons (Fsp3) is 0.667. The van der Waals surface area contributed by atoms with E-state index in [0.717, 1.165) is 30.1 Å². The molecule has 2 bridgehead atoms. The van der Waals surface area contributed by atoms with Gasteiger partial charge in [0.15, 0.2) is 0 Å². The molecule has 2 saturated heterocycles. The monoisotopic (exact) mass is 245 g/mol. The molecule has 0 radical (unpaired) electrons. The zero-order valence-electron chi connectivity index (χ0n) is 11.4. The lowest BCUT2D eigenvalue weighted by atomic mass is 9.98. The maximum atomic E-state index is 4.70. The van der Waals surface area contributed by atoms with Crippen molar-refractivity contribution in [2.24, 2.45) is 0 Å². The lowest BCUT2D eigenvalue weighted by molar-refractivity contribution is 0.348. The Morgan fingerprint density at radius 2 is 2.00 bits per heavy atom. The smallest absolute Gasteiger partial charge is 0.129 e. The van der Waals surface area contributed by atoms with Crippen LogP contribution in [0.25, 0.3) is 0 Å². The molecule has 2 aliphatic rings. The van der Waals surface area contributed by atoms with Gasteiger partial charge < -0.3 is 10.2 Å². The summed E-state index contributed by atoms with van der Waals surface area (Å²) in [5.74, 6) is 1.16. The number of hydrogen-bond donors (Lipinski definition) is 1. The van der Waals surface area contributed by atoms with Gasteiger partial charge in [-0.25, -0.2) is 4.98 Å². The van der Waals surface area contributed by atoms with E-state index < -0.39 is 0 Å². The van der Waals surface area contributed by atoms with Crippen molar-refractivity contribution in [2.75, 3.05) is 11.4 Å². The molecule has 98 valence electrons. The van der Waals surface area contributed by atoms with Crippen LogP contribution in [-0.2, 0) is 0 Å². The summed E-state index contributed by atoms with van der Waals surface area (Å²) in [6.07, 6.45) is 5.28. The van der Waals surface area contributed by atoms with Crippen LogP contribution < -0.4 is 10.2 Å². The van der Waals surface area contributed by atoms with Crippen molar-refractivity contribution in [2.45, 2.75) is 57.7 Å². The number of rotatable bonds is 3. The van der Waals surface area contributed by atoms with Gasteiger partial charge in [0.05, 0.1) is 0 Å². The van der Waals surface area contributed by atoms with Gasteiger partial charge in [0.2, 0.25) is 0 Å². The Balaban J connectivity index is 1.80. The SMILES string of the molecule is CCN(c1cccc(C)n1)C1CC2CCC(C1)N2. The van der Waals surface area contributed by atoms with E-state index in [-0.39, 0.29) is 0 Å². The average molecular weight is 245 g/mol. The van der Waals surface area contributed by atoms with Crippen molar-refractivity contribution < 1.29 is 0 Å². The standard InChI is InChI=1S/C15H23N3/c1-3-18(15-6-4-5-11(2)16-15)14-9-12-7-8-13(10-14)17-12/h4-6,12-14,17H,3,7-10H2,1-2H3. The van der Waals surface area contributed by atoms with E-state index in [9.17, 15) is 0 Å². The molecular weight excluding hydrogens is 222 g/mol. The van der Waals surface area contributed by atoms with Crippen molar-refractivity contribution in [3.8, 4) is 0 Å². The molecule has 2 unspecified atom stereocenters. The number of fused-ring (bicyclic) bond motifs is 2. The molecule has 1 N–H and O–H groups in total. The molecule has 0 spiro atoms. The Kier molecular flexibility index (Phi) is 3.25. The summed E-state index contributed by atoms with van der Waals surface area (Å²) in [6.45, 7) is 5.37. The zero-order valence-corrected chi connectivity index (χ0v) is 11.4. The number of anilines is 1. The average Bonchev–Trinajstić information content (AvgIpc) is 2.70. The van der Waals surface area contributed by atoms with Gasteiger partial charge >= 0.3 is 0 Å². The van der Waals surface area contributed by atoms with Crippen LogP contribution in [0.3, 0.4) is 0 Å². The molecular formula is C15H23N3. The summed E-state index contributed by atoms with van der Waals surface area (Å²) in [4.78, 5) is 7.19. The molecule has 3 heteroatoms. The quantitative estimate of drug-likeness (QED) is 0.887. The second kappa shape index (κ2) is 4.88. The Morgan fingerprint density at radius 3 is 2.61 bits per heavy atom. The number of aryl methyl sites for hydroxylation is 1. The third-order valence-corrected chi connectivity index (χ3v) is 4.40. The van der Waals surface area contributed by atoms with E-state index in [1.54, 1.807) is 0 Å². The van der Waals surface area contributed by atoms with Crippen molar-refractivity contribution in [1.82, 2.24) is 10.3 Å². The highest BCUT2D eigenvalue weighted by molar-refractivity contribution is 5.40. The molecule has 0 aliphatic carbocycles. The van der Waals surface area contributed by atoms with Gasteiger partial charge in [0, 0.05) is 30.4 Å². The third kappa shape index (κ3) is 2.24. The maximum Gasteiger partial charge on any atom is 0.129 e. The van der Waals surface area contributed by atoms with E-state index in [0.29, 0.717) is 6.04 Å². The predicted molar refractivity (Wildman–Crippen MR) is 75.0 cm³/mol. The number of pyridine rings is 1. The predicted octanol–water partition coefficient (Wildman–Crippen LogP) is 2.50. The summed E-state index contributed by atoms with van der Waals surface area (Å²) in [5, 5.41) is 3.72. The minimum absolute atomic E-state index is 0.669. The van der Waals surface area contributed by atoms with E-state index in [1.165, 1.54) is 25.7 Å². The summed E-state index contributed by atoms with van der Waals surface area (Å²) in [5.41, 5.74) is 1.11. The van der Waals surface area contributed by atoms with Gasteiger partial charge in [-0.2, -0.15) is 0 Å². The van der Waals surface area contributed by atoms with Gasteiger partial charge in [-0.3, -0.25) is 0 Å². The van der Waals surface area contributed by atoms with E-state index in [4.69, 9.17) is 4.98 Å². The summed E-state index contributed by atoms with van der Waals surface area (Å²) >= 11 is 0. The normalized spacial score (nSPS) is 30.4. The van der Waals surface area contributed by atoms with Crippen LogP contribution in [0.1, 0.15) is 38.3 Å². The summed E-state index contributed by atoms with van der Waals surface area (Å²) < 4.78 is 0. The van der Waals surface area contributed by atoms with Gasteiger partial charge in [-0.05, 0) is 51.7 Å².